The Morgan fingerprint density at radius 3 is 2.81 bits per heavy atom. The fourth-order valence-corrected chi connectivity index (χ4v) is 1.81. The van der Waals surface area contributed by atoms with Gasteiger partial charge in [-0.3, -0.25) is 4.79 Å². The van der Waals surface area contributed by atoms with Crippen LogP contribution in [0.3, 0.4) is 0 Å². The summed E-state index contributed by atoms with van der Waals surface area (Å²) < 4.78 is 5.27. The van der Waals surface area contributed by atoms with Crippen LogP contribution in [0.5, 0.6) is 0 Å². The van der Waals surface area contributed by atoms with Crippen LogP contribution in [0.1, 0.15) is 19.8 Å². The molecule has 0 saturated carbocycles. The molecule has 94 valence electrons. The smallest absolute Gasteiger partial charge is 0.225 e. The van der Waals surface area contributed by atoms with Crippen LogP contribution in [0.2, 0.25) is 0 Å². The van der Waals surface area contributed by atoms with Crippen molar-refractivity contribution < 1.29 is 14.6 Å². The van der Waals surface area contributed by atoms with Crippen molar-refractivity contribution in [1.82, 2.24) is 10.2 Å². The predicted molar refractivity (Wildman–Crippen MR) is 61.2 cm³/mol. The summed E-state index contributed by atoms with van der Waals surface area (Å²) in [5.74, 6) is 0.0313. The maximum Gasteiger partial charge on any atom is 0.225 e. The number of likely N-dealkylation sites (N-methyl/N-ethyl adjacent to an activating group) is 1. The molecular weight excluding hydrogens is 208 g/mol. The summed E-state index contributed by atoms with van der Waals surface area (Å²) in [6.07, 6.45) is 0.903. The van der Waals surface area contributed by atoms with Crippen molar-refractivity contribution in [3.63, 3.8) is 0 Å². The number of carbonyl (C=O) groups excluding carboxylic acids is 1. The number of aliphatic hydroxyl groups excluding tert-OH is 1. The van der Waals surface area contributed by atoms with E-state index < -0.39 is 6.10 Å². The highest BCUT2D eigenvalue weighted by Gasteiger charge is 2.30. The fourth-order valence-electron chi connectivity index (χ4n) is 1.81. The SMILES string of the molecule is CCCOCCC(=O)N(C)[C@H]1CNC[C@@H]1O. The molecule has 0 aromatic rings. The van der Waals surface area contributed by atoms with E-state index in [0.717, 1.165) is 6.42 Å². The molecule has 0 spiro atoms. The molecule has 16 heavy (non-hydrogen) atoms. The molecule has 1 rings (SSSR count). The number of β-amino-alcohol motifs (C(OH)–C–C–N with tert-alkyl or cyclic N) is 1. The summed E-state index contributed by atoms with van der Waals surface area (Å²) in [7, 11) is 1.74. The lowest BCUT2D eigenvalue weighted by Crippen LogP contribution is -2.44. The maximum atomic E-state index is 11.7. The standard InChI is InChI=1S/C11H22N2O3/c1-3-5-16-6-4-11(15)13(2)9-7-12-8-10(9)14/h9-10,12,14H,3-8H2,1-2H3/t9-,10-/m0/s1. The number of carbonyl (C=O) groups is 1. The first-order valence-electron chi connectivity index (χ1n) is 5.89. The molecule has 0 aromatic heterocycles. The summed E-state index contributed by atoms with van der Waals surface area (Å²) in [5.41, 5.74) is 0. The zero-order valence-electron chi connectivity index (χ0n) is 10.1. The van der Waals surface area contributed by atoms with Crippen molar-refractivity contribution in [2.45, 2.75) is 31.9 Å². The normalized spacial score (nSPS) is 24.7. The minimum atomic E-state index is -0.453. The third-order valence-electron chi connectivity index (χ3n) is 2.85. The quantitative estimate of drug-likeness (QED) is 0.609. The van der Waals surface area contributed by atoms with Crippen LogP contribution in [-0.4, -0.2) is 61.4 Å². The van der Waals surface area contributed by atoms with E-state index in [2.05, 4.69) is 5.32 Å². The minimum Gasteiger partial charge on any atom is -0.390 e. The molecule has 1 fully saturated rings. The van der Waals surface area contributed by atoms with Gasteiger partial charge in [0.1, 0.15) is 0 Å². The first-order valence-corrected chi connectivity index (χ1v) is 5.89. The van der Waals surface area contributed by atoms with Crippen LogP contribution >= 0.6 is 0 Å². The number of nitrogens with one attached hydrogen (secondary N) is 1. The number of nitrogens with zero attached hydrogens (tertiary/aromatic N) is 1. The first kappa shape index (κ1) is 13.4. The second kappa shape index (κ2) is 6.83. The van der Waals surface area contributed by atoms with E-state index in [1.165, 1.54) is 0 Å². The number of ether oxygens (including phenoxy) is 1. The average molecular weight is 230 g/mol. The van der Waals surface area contributed by atoms with Gasteiger partial charge in [0.15, 0.2) is 0 Å². The topological polar surface area (TPSA) is 61.8 Å². The van der Waals surface area contributed by atoms with Crippen molar-refractivity contribution in [3.05, 3.63) is 0 Å². The van der Waals surface area contributed by atoms with E-state index in [1.807, 2.05) is 6.92 Å². The Balaban J connectivity index is 2.24. The molecule has 0 aromatic carbocycles. The zero-order chi connectivity index (χ0) is 12.0. The van der Waals surface area contributed by atoms with Gasteiger partial charge in [0.2, 0.25) is 5.91 Å². The monoisotopic (exact) mass is 230 g/mol. The molecule has 1 saturated heterocycles. The number of amides is 1. The van der Waals surface area contributed by atoms with Gasteiger partial charge >= 0.3 is 0 Å². The Kier molecular flexibility index (Phi) is 5.73. The van der Waals surface area contributed by atoms with Gasteiger partial charge in [-0.1, -0.05) is 6.92 Å². The van der Waals surface area contributed by atoms with Crippen LogP contribution in [-0.2, 0) is 9.53 Å². The van der Waals surface area contributed by atoms with Gasteiger partial charge in [-0.15, -0.1) is 0 Å². The van der Waals surface area contributed by atoms with E-state index >= 15 is 0 Å². The summed E-state index contributed by atoms with van der Waals surface area (Å²) in [6, 6.07) is -0.0984. The maximum absolute atomic E-state index is 11.7. The molecule has 5 heteroatoms. The Morgan fingerprint density at radius 2 is 2.25 bits per heavy atom. The molecule has 1 aliphatic heterocycles. The largest absolute Gasteiger partial charge is 0.390 e. The predicted octanol–water partition coefficient (Wildman–Crippen LogP) is -0.406. The Labute approximate surface area is 96.8 Å². The van der Waals surface area contributed by atoms with Crippen molar-refractivity contribution in [3.8, 4) is 0 Å². The lowest BCUT2D eigenvalue weighted by atomic mass is 10.2. The number of aliphatic hydroxyl groups is 1. The summed E-state index contributed by atoms with van der Waals surface area (Å²) in [4.78, 5) is 13.4. The molecule has 0 aliphatic carbocycles. The Bertz CT molecular complexity index is 223. The Hall–Kier alpha value is -0.650. The van der Waals surface area contributed by atoms with Crippen LogP contribution in [0.4, 0.5) is 0 Å². The summed E-state index contributed by atoms with van der Waals surface area (Å²) in [6.45, 7) is 4.43. The van der Waals surface area contributed by atoms with E-state index in [-0.39, 0.29) is 11.9 Å². The van der Waals surface area contributed by atoms with Gasteiger partial charge in [0.25, 0.3) is 0 Å². The van der Waals surface area contributed by atoms with Crippen LogP contribution in [0.15, 0.2) is 0 Å². The highest BCUT2D eigenvalue weighted by Crippen LogP contribution is 2.08. The Morgan fingerprint density at radius 1 is 1.50 bits per heavy atom. The van der Waals surface area contributed by atoms with Crippen molar-refractivity contribution in [2.75, 3.05) is 33.4 Å². The van der Waals surface area contributed by atoms with E-state index in [1.54, 1.807) is 11.9 Å². The van der Waals surface area contributed by atoms with Crippen molar-refractivity contribution >= 4 is 5.91 Å². The van der Waals surface area contributed by atoms with Gasteiger partial charge in [0.05, 0.1) is 25.2 Å². The molecule has 2 atom stereocenters. The molecule has 1 aliphatic rings. The molecular formula is C11H22N2O3. The molecule has 0 unspecified atom stereocenters. The van der Waals surface area contributed by atoms with Crippen LogP contribution in [0.25, 0.3) is 0 Å². The average Bonchev–Trinajstić information content (AvgIpc) is 2.69. The van der Waals surface area contributed by atoms with Gasteiger partial charge in [-0.25, -0.2) is 0 Å². The number of rotatable bonds is 6. The molecule has 2 N–H and O–H groups in total. The van der Waals surface area contributed by atoms with E-state index in [0.29, 0.717) is 32.7 Å². The van der Waals surface area contributed by atoms with Crippen LogP contribution in [0, 0.1) is 0 Å². The lowest BCUT2D eigenvalue weighted by molar-refractivity contribution is -0.134. The second-order valence-electron chi connectivity index (χ2n) is 4.16. The van der Waals surface area contributed by atoms with Gasteiger partial charge in [0, 0.05) is 26.7 Å². The third-order valence-corrected chi connectivity index (χ3v) is 2.85. The fraction of sp³-hybridized carbons (Fsp3) is 0.909. The summed E-state index contributed by atoms with van der Waals surface area (Å²) >= 11 is 0. The third kappa shape index (κ3) is 3.73. The van der Waals surface area contributed by atoms with Crippen LogP contribution < -0.4 is 5.32 Å². The van der Waals surface area contributed by atoms with Crippen molar-refractivity contribution in [2.24, 2.45) is 0 Å². The molecule has 1 heterocycles. The lowest BCUT2D eigenvalue weighted by Gasteiger charge is -2.26. The van der Waals surface area contributed by atoms with E-state index in [9.17, 15) is 9.90 Å². The number of hydrogen-bond acceptors (Lipinski definition) is 4. The molecule has 0 bridgehead atoms. The van der Waals surface area contributed by atoms with Gasteiger partial charge < -0.3 is 20.1 Å². The van der Waals surface area contributed by atoms with Gasteiger partial charge in [-0.2, -0.15) is 0 Å². The minimum absolute atomic E-state index is 0.0313. The highest BCUT2D eigenvalue weighted by atomic mass is 16.5. The van der Waals surface area contributed by atoms with E-state index in [4.69, 9.17) is 4.74 Å². The first-order chi connectivity index (χ1) is 7.66. The highest BCUT2D eigenvalue weighted by molar-refractivity contribution is 5.76. The molecule has 5 nitrogen and oxygen atoms in total. The molecule has 0 radical (unpaired) electrons. The number of hydrogen-bond donors (Lipinski definition) is 2. The summed E-state index contributed by atoms with van der Waals surface area (Å²) in [5, 5.41) is 12.7. The second-order valence-corrected chi connectivity index (χ2v) is 4.16. The van der Waals surface area contributed by atoms with Gasteiger partial charge in [-0.05, 0) is 6.42 Å². The molecule has 1 amide bonds. The van der Waals surface area contributed by atoms with Crippen molar-refractivity contribution in [1.29, 1.82) is 0 Å². The zero-order valence-corrected chi connectivity index (χ0v) is 10.1.